The summed E-state index contributed by atoms with van der Waals surface area (Å²) in [4.78, 5) is 14.0. The molecule has 2 N–H and O–H groups in total. The molecule has 1 aliphatic heterocycles. The molecule has 1 unspecified atom stereocenters. The van der Waals surface area contributed by atoms with Gasteiger partial charge in [-0.1, -0.05) is 26.7 Å². The smallest absolute Gasteiger partial charge is 0.223 e. The van der Waals surface area contributed by atoms with Crippen molar-refractivity contribution in [3.05, 3.63) is 0 Å². The fourth-order valence-corrected chi connectivity index (χ4v) is 2.35. The summed E-state index contributed by atoms with van der Waals surface area (Å²) in [5, 5.41) is 0. The third-order valence-corrected chi connectivity index (χ3v) is 3.59. The highest BCUT2D eigenvalue weighted by Gasteiger charge is 2.28. The standard InChI is InChI=1S/C12H24N2O.ClH/c1-3-10(4-2)8-12(15)14-7-5-6-11(14)9-13;/h10-11H,3-9,13H2,1-2H3;1H. The van der Waals surface area contributed by atoms with Gasteiger partial charge >= 0.3 is 0 Å². The van der Waals surface area contributed by atoms with E-state index in [4.69, 9.17) is 5.73 Å². The van der Waals surface area contributed by atoms with E-state index in [0.717, 1.165) is 32.2 Å². The number of carbonyl (C=O) groups is 1. The molecule has 0 aromatic carbocycles. The predicted molar refractivity (Wildman–Crippen MR) is 69.7 cm³/mol. The molecule has 1 atom stereocenters. The first kappa shape index (κ1) is 15.7. The minimum atomic E-state index is 0. The Morgan fingerprint density at radius 2 is 2.06 bits per heavy atom. The molecule has 0 radical (unpaired) electrons. The number of nitrogens with zero attached hydrogens (tertiary/aromatic N) is 1. The lowest BCUT2D eigenvalue weighted by molar-refractivity contribution is -0.132. The maximum atomic E-state index is 12.0. The zero-order valence-corrected chi connectivity index (χ0v) is 11.3. The molecule has 96 valence electrons. The van der Waals surface area contributed by atoms with Crippen LogP contribution in [-0.4, -0.2) is 29.9 Å². The highest BCUT2D eigenvalue weighted by molar-refractivity contribution is 5.85. The lowest BCUT2D eigenvalue weighted by atomic mass is 9.98. The van der Waals surface area contributed by atoms with Gasteiger partial charge in [0.05, 0.1) is 0 Å². The van der Waals surface area contributed by atoms with Crippen molar-refractivity contribution in [2.75, 3.05) is 13.1 Å². The predicted octanol–water partition coefficient (Wildman–Crippen LogP) is 2.18. The Kier molecular flexibility index (Phi) is 7.77. The second-order valence-corrected chi connectivity index (χ2v) is 4.51. The maximum Gasteiger partial charge on any atom is 0.223 e. The van der Waals surface area contributed by atoms with Crippen molar-refractivity contribution in [3.63, 3.8) is 0 Å². The molecule has 3 nitrogen and oxygen atoms in total. The first-order valence-corrected chi connectivity index (χ1v) is 6.22. The number of hydrogen-bond acceptors (Lipinski definition) is 2. The van der Waals surface area contributed by atoms with E-state index in [-0.39, 0.29) is 12.4 Å². The van der Waals surface area contributed by atoms with Gasteiger partial charge in [0.1, 0.15) is 0 Å². The maximum absolute atomic E-state index is 12.0. The number of carbonyl (C=O) groups excluding carboxylic acids is 1. The number of likely N-dealkylation sites (tertiary alicyclic amines) is 1. The molecule has 1 aliphatic rings. The molecule has 1 amide bonds. The van der Waals surface area contributed by atoms with E-state index in [9.17, 15) is 4.79 Å². The highest BCUT2D eigenvalue weighted by Crippen LogP contribution is 2.21. The molecule has 1 rings (SSSR count). The summed E-state index contributed by atoms with van der Waals surface area (Å²) in [6, 6.07) is 0.312. The number of nitrogens with two attached hydrogens (primary N) is 1. The fraction of sp³-hybridized carbons (Fsp3) is 0.917. The van der Waals surface area contributed by atoms with Gasteiger partial charge in [-0.3, -0.25) is 4.79 Å². The van der Waals surface area contributed by atoms with Crippen LogP contribution < -0.4 is 5.73 Å². The SMILES string of the molecule is CCC(CC)CC(=O)N1CCCC1CN.Cl. The molecule has 0 aromatic heterocycles. The van der Waals surface area contributed by atoms with Crippen LogP contribution in [0.4, 0.5) is 0 Å². The summed E-state index contributed by atoms with van der Waals surface area (Å²) in [6.07, 6.45) is 5.12. The largest absolute Gasteiger partial charge is 0.338 e. The van der Waals surface area contributed by atoms with Gasteiger partial charge in [0.25, 0.3) is 0 Å². The van der Waals surface area contributed by atoms with Crippen molar-refractivity contribution in [1.29, 1.82) is 0 Å². The van der Waals surface area contributed by atoms with Crippen LogP contribution in [0.15, 0.2) is 0 Å². The molecule has 16 heavy (non-hydrogen) atoms. The van der Waals surface area contributed by atoms with E-state index in [0.29, 0.717) is 30.8 Å². The molecule has 0 spiro atoms. The van der Waals surface area contributed by atoms with Crippen molar-refractivity contribution in [2.45, 2.75) is 52.0 Å². The van der Waals surface area contributed by atoms with Crippen LogP contribution in [0.5, 0.6) is 0 Å². The van der Waals surface area contributed by atoms with Crippen LogP contribution in [0.25, 0.3) is 0 Å². The van der Waals surface area contributed by atoms with Crippen LogP contribution in [0.3, 0.4) is 0 Å². The van der Waals surface area contributed by atoms with Gasteiger partial charge in [-0.2, -0.15) is 0 Å². The Balaban J connectivity index is 0.00000225. The molecule has 0 saturated carbocycles. The van der Waals surface area contributed by atoms with Crippen molar-refractivity contribution in [3.8, 4) is 0 Å². The zero-order valence-electron chi connectivity index (χ0n) is 10.4. The summed E-state index contributed by atoms with van der Waals surface area (Å²) in [5.41, 5.74) is 5.66. The van der Waals surface area contributed by atoms with Crippen molar-refractivity contribution in [2.24, 2.45) is 11.7 Å². The van der Waals surface area contributed by atoms with Gasteiger partial charge in [-0.15, -0.1) is 12.4 Å². The van der Waals surface area contributed by atoms with Crippen LogP contribution in [0, 0.1) is 5.92 Å². The first-order chi connectivity index (χ1) is 7.22. The average molecular weight is 249 g/mol. The second kappa shape index (κ2) is 7.91. The summed E-state index contributed by atoms with van der Waals surface area (Å²) in [7, 11) is 0. The molecule has 1 fully saturated rings. The molecular weight excluding hydrogens is 224 g/mol. The van der Waals surface area contributed by atoms with Gasteiger partial charge in [-0.05, 0) is 18.8 Å². The summed E-state index contributed by atoms with van der Waals surface area (Å²) < 4.78 is 0. The van der Waals surface area contributed by atoms with Crippen molar-refractivity contribution >= 4 is 18.3 Å². The minimum Gasteiger partial charge on any atom is -0.338 e. The normalized spacial score (nSPS) is 20.0. The number of hydrogen-bond donors (Lipinski definition) is 1. The topological polar surface area (TPSA) is 46.3 Å². The molecule has 1 heterocycles. The monoisotopic (exact) mass is 248 g/mol. The molecule has 0 bridgehead atoms. The minimum absolute atomic E-state index is 0. The first-order valence-electron chi connectivity index (χ1n) is 6.22. The van der Waals surface area contributed by atoms with Crippen molar-refractivity contribution < 1.29 is 4.79 Å². The van der Waals surface area contributed by atoms with Gasteiger partial charge in [0.15, 0.2) is 0 Å². The third kappa shape index (κ3) is 3.95. The molecular formula is C12H25ClN2O. The second-order valence-electron chi connectivity index (χ2n) is 4.51. The highest BCUT2D eigenvalue weighted by atomic mass is 35.5. The molecule has 1 saturated heterocycles. The van der Waals surface area contributed by atoms with Gasteiger partial charge in [0, 0.05) is 25.6 Å². The lowest BCUT2D eigenvalue weighted by Gasteiger charge is -2.25. The Morgan fingerprint density at radius 1 is 1.44 bits per heavy atom. The molecule has 0 aliphatic carbocycles. The van der Waals surface area contributed by atoms with E-state index >= 15 is 0 Å². The average Bonchev–Trinajstić information content (AvgIpc) is 2.73. The Hall–Kier alpha value is -0.280. The Bertz CT molecular complexity index is 207. The Morgan fingerprint density at radius 3 is 2.56 bits per heavy atom. The summed E-state index contributed by atoms with van der Waals surface area (Å²) in [5.74, 6) is 0.869. The van der Waals surface area contributed by atoms with Gasteiger partial charge < -0.3 is 10.6 Å². The van der Waals surface area contributed by atoms with E-state index in [1.807, 2.05) is 4.90 Å². The number of halogens is 1. The van der Waals surface area contributed by atoms with Gasteiger partial charge in [-0.25, -0.2) is 0 Å². The van der Waals surface area contributed by atoms with Crippen molar-refractivity contribution in [1.82, 2.24) is 4.90 Å². The number of rotatable bonds is 5. The van der Waals surface area contributed by atoms with Gasteiger partial charge in [0.2, 0.25) is 5.91 Å². The van der Waals surface area contributed by atoms with Crippen LogP contribution in [-0.2, 0) is 4.79 Å². The van der Waals surface area contributed by atoms with E-state index < -0.39 is 0 Å². The van der Waals surface area contributed by atoms with Crippen LogP contribution >= 0.6 is 12.4 Å². The Labute approximate surface area is 105 Å². The number of amides is 1. The van der Waals surface area contributed by atoms with Crippen LogP contribution in [0.2, 0.25) is 0 Å². The van der Waals surface area contributed by atoms with E-state index in [2.05, 4.69) is 13.8 Å². The summed E-state index contributed by atoms with van der Waals surface area (Å²) in [6.45, 7) is 5.85. The third-order valence-electron chi connectivity index (χ3n) is 3.59. The molecule has 4 heteroatoms. The molecule has 0 aromatic rings. The quantitative estimate of drug-likeness (QED) is 0.811. The fourth-order valence-electron chi connectivity index (χ4n) is 2.35. The summed E-state index contributed by atoms with van der Waals surface area (Å²) >= 11 is 0. The lowest BCUT2D eigenvalue weighted by Crippen LogP contribution is -2.40. The van der Waals surface area contributed by atoms with Crippen LogP contribution in [0.1, 0.15) is 46.0 Å². The van der Waals surface area contributed by atoms with E-state index in [1.54, 1.807) is 0 Å². The zero-order chi connectivity index (χ0) is 11.3. The van der Waals surface area contributed by atoms with E-state index in [1.165, 1.54) is 0 Å².